The number of benzene rings is 1. The van der Waals surface area contributed by atoms with Crippen LogP contribution in [-0.2, 0) is 14.8 Å². The zero-order valence-corrected chi connectivity index (χ0v) is 12.2. The SMILES string of the molecule is Cc1c(F)cccc1S(=O)(=O)N1C[C@@H](C)[C@H](C(N)=O)C1. The molecule has 0 aromatic heterocycles. The molecule has 2 atom stereocenters. The van der Waals surface area contributed by atoms with Gasteiger partial charge in [0.1, 0.15) is 5.82 Å². The van der Waals surface area contributed by atoms with Crippen LogP contribution in [0.4, 0.5) is 4.39 Å². The second kappa shape index (κ2) is 5.14. The second-order valence-electron chi connectivity index (χ2n) is 5.17. The smallest absolute Gasteiger partial charge is 0.243 e. The number of nitrogens with two attached hydrogens (primary N) is 1. The minimum Gasteiger partial charge on any atom is -0.369 e. The molecular formula is C13H17FN2O3S. The Hall–Kier alpha value is -1.47. The molecule has 1 fully saturated rings. The number of halogens is 1. The van der Waals surface area contributed by atoms with Crippen molar-refractivity contribution in [3.63, 3.8) is 0 Å². The van der Waals surface area contributed by atoms with Crippen LogP contribution in [0.3, 0.4) is 0 Å². The highest BCUT2D eigenvalue weighted by Crippen LogP contribution is 2.30. The monoisotopic (exact) mass is 300 g/mol. The Morgan fingerprint density at radius 1 is 1.40 bits per heavy atom. The summed E-state index contributed by atoms with van der Waals surface area (Å²) in [5.74, 6) is -1.72. The average molecular weight is 300 g/mol. The quantitative estimate of drug-likeness (QED) is 0.899. The van der Waals surface area contributed by atoms with Crippen molar-refractivity contribution in [3.05, 3.63) is 29.6 Å². The van der Waals surface area contributed by atoms with Gasteiger partial charge < -0.3 is 5.73 Å². The van der Waals surface area contributed by atoms with Gasteiger partial charge in [0, 0.05) is 18.7 Å². The summed E-state index contributed by atoms with van der Waals surface area (Å²) >= 11 is 0. The van der Waals surface area contributed by atoms with Crippen LogP contribution in [0, 0.1) is 24.6 Å². The topological polar surface area (TPSA) is 80.5 Å². The molecule has 0 unspecified atom stereocenters. The molecule has 0 saturated carbocycles. The van der Waals surface area contributed by atoms with E-state index in [-0.39, 0.29) is 29.5 Å². The standard InChI is InChI=1S/C13H17FN2O3S/c1-8-6-16(7-10(8)13(15)17)20(18,19)12-5-3-4-11(14)9(12)2/h3-5,8,10H,6-7H2,1-2H3,(H2,15,17)/t8-,10-/m1/s1. The summed E-state index contributed by atoms with van der Waals surface area (Å²) in [5.41, 5.74) is 5.35. The Labute approximate surface area is 117 Å². The molecule has 1 amide bonds. The minimum atomic E-state index is -3.81. The Kier molecular flexibility index (Phi) is 3.84. The van der Waals surface area contributed by atoms with Crippen molar-refractivity contribution in [3.8, 4) is 0 Å². The molecule has 1 saturated heterocycles. The molecule has 1 aromatic carbocycles. The zero-order valence-electron chi connectivity index (χ0n) is 11.3. The summed E-state index contributed by atoms with van der Waals surface area (Å²) in [5, 5.41) is 0. The van der Waals surface area contributed by atoms with Crippen LogP contribution in [-0.4, -0.2) is 31.7 Å². The van der Waals surface area contributed by atoms with E-state index in [4.69, 9.17) is 5.73 Å². The van der Waals surface area contributed by atoms with Crippen LogP contribution in [0.1, 0.15) is 12.5 Å². The normalized spacial score (nSPS) is 23.9. The third-order valence-corrected chi connectivity index (χ3v) is 5.76. The van der Waals surface area contributed by atoms with E-state index in [1.54, 1.807) is 6.92 Å². The lowest BCUT2D eigenvalue weighted by atomic mass is 9.98. The van der Waals surface area contributed by atoms with Gasteiger partial charge in [-0.2, -0.15) is 4.31 Å². The van der Waals surface area contributed by atoms with Gasteiger partial charge in [-0.05, 0) is 25.0 Å². The van der Waals surface area contributed by atoms with Crippen LogP contribution < -0.4 is 5.73 Å². The maximum absolute atomic E-state index is 13.5. The predicted octanol–water partition coefficient (Wildman–Crippen LogP) is 0.876. The molecular weight excluding hydrogens is 283 g/mol. The number of rotatable bonds is 3. The van der Waals surface area contributed by atoms with Gasteiger partial charge in [0.05, 0.1) is 10.8 Å². The van der Waals surface area contributed by atoms with Crippen molar-refractivity contribution in [2.24, 2.45) is 17.6 Å². The summed E-state index contributed by atoms with van der Waals surface area (Å²) < 4.78 is 39.8. The molecule has 20 heavy (non-hydrogen) atoms. The molecule has 0 spiro atoms. The van der Waals surface area contributed by atoms with Crippen molar-refractivity contribution >= 4 is 15.9 Å². The third kappa shape index (κ3) is 2.43. The van der Waals surface area contributed by atoms with Gasteiger partial charge in [0.15, 0.2) is 0 Å². The first-order valence-electron chi connectivity index (χ1n) is 6.29. The molecule has 0 radical (unpaired) electrons. The first-order chi connectivity index (χ1) is 9.25. The largest absolute Gasteiger partial charge is 0.369 e. The lowest BCUT2D eigenvalue weighted by Crippen LogP contribution is -2.32. The van der Waals surface area contributed by atoms with Gasteiger partial charge in [-0.25, -0.2) is 12.8 Å². The van der Waals surface area contributed by atoms with Crippen molar-refractivity contribution in [1.29, 1.82) is 0 Å². The van der Waals surface area contributed by atoms with E-state index in [1.165, 1.54) is 29.4 Å². The third-order valence-electron chi connectivity index (χ3n) is 3.78. The number of carbonyl (C=O) groups excluding carboxylic acids is 1. The van der Waals surface area contributed by atoms with Crippen molar-refractivity contribution in [2.45, 2.75) is 18.7 Å². The zero-order chi connectivity index (χ0) is 15.1. The molecule has 110 valence electrons. The number of hydrogen-bond donors (Lipinski definition) is 1. The fourth-order valence-electron chi connectivity index (χ4n) is 2.50. The first-order valence-corrected chi connectivity index (χ1v) is 7.73. The van der Waals surface area contributed by atoms with Crippen LogP contribution in [0.2, 0.25) is 0 Å². The van der Waals surface area contributed by atoms with Gasteiger partial charge >= 0.3 is 0 Å². The van der Waals surface area contributed by atoms with E-state index in [2.05, 4.69) is 0 Å². The number of carbonyl (C=O) groups is 1. The number of nitrogens with zero attached hydrogens (tertiary/aromatic N) is 1. The van der Waals surface area contributed by atoms with Gasteiger partial charge in [-0.1, -0.05) is 13.0 Å². The lowest BCUT2D eigenvalue weighted by molar-refractivity contribution is -0.122. The van der Waals surface area contributed by atoms with Crippen molar-refractivity contribution < 1.29 is 17.6 Å². The lowest BCUT2D eigenvalue weighted by Gasteiger charge is -2.17. The maximum Gasteiger partial charge on any atom is 0.243 e. The van der Waals surface area contributed by atoms with Gasteiger partial charge in [0.25, 0.3) is 0 Å². The summed E-state index contributed by atoms with van der Waals surface area (Å²) in [7, 11) is -3.81. The highest BCUT2D eigenvalue weighted by molar-refractivity contribution is 7.89. The predicted molar refractivity (Wildman–Crippen MR) is 71.7 cm³/mol. The number of amides is 1. The van der Waals surface area contributed by atoms with Crippen LogP contribution in [0.25, 0.3) is 0 Å². The second-order valence-corrected chi connectivity index (χ2v) is 7.08. The summed E-state index contributed by atoms with van der Waals surface area (Å²) in [6, 6.07) is 3.95. The molecule has 7 heteroatoms. The molecule has 5 nitrogen and oxygen atoms in total. The maximum atomic E-state index is 13.5. The molecule has 0 aliphatic carbocycles. The van der Waals surface area contributed by atoms with Gasteiger partial charge in [-0.15, -0.1) is 0 Å². The summed E-state index contributed by atoms with van der Waals surface area (Å²) in [6.07, 6.45) is 0. The van der Waals surface area contributed by atoms with Crippen LogP contribution in [0.15, 0.2) is 23.1 Å². The van der Waals surface area contributed by atoms with Gasteiger partial charge in [-0.3, -0.25) is 4.79 Å². The van der Waals surface area contributed by atoms with E-state index < -0.39 is 27.7 Å². The van der Waals surface area contributed by atoms with E-state index in [0.717, 1.165) is 0 Å². The Balaban J connectivity index is 2.38. The molecule has 1 aliphatic heterocycles. The Morgan fingerprint density at radius 2 is 2.05 bits per heavy atom. The van der Waals surface area contributed by atoms with Crippen molar-refractivity contribution in [1.82, 2.24) is 4.31 Å². The minimum absolute atomic E-state index is 0.0504. The number of sulfonamides is 1. The molecule has 2 N–H and O–H groups in total. The highest BCUT2D eigenvalue weighted by Gasteiger charge is 2.40. The number of primary amides is 1. The van der Waals surface area contributed by atoms with E-state index >= 15 is 0 Å². The molecule has 1 aromatic rings. The van der Waals surface area contributed by atoms with Crippen LogP contribution in [0.5, 0.6) is 0 Å². The molecule has 0 bridgehead atoms. The fraction of sp³-hybridized carbons (Fsp3) is 0.462. The Bertz CT molecular complexity index is 645. The fourth-order valence-corrected chi connectivity index (χ4v) is 4.30. The highest BCUT2D eigenvalue weighted by atomic mass is 32.2. The molecule has 2 rings (SSSR count). The number of hydrogen-bond acceptors (Lipinski definition) is 3. The van der Waals surface area contributed by atoms with E-state index in [1.807, 2.05) is 0 Å². The Morgan fingerprint density at radius 3 is 2.60 bits per heavy atom. The first kappa shape index (κ1) is 14.9. The molecule has 1 heterocycles. The average Bonchev–Trinajstić information content (AvgIpc) is 2.75. The van der Waals surface area contributed by atoms with Crippen LogP contribution >= 0.6 is 0 Å². The molecule has 1 aliphatic rings. The summed E-state index contributed by atoms with van der Waals surface area (Å²) in [4.78, 5) is 11.2. The summed E-state index contributed by atoms with van der Waals surface area (Å²) in [6.45, 7) is 3.47. The van der Waals surface area contributed by atoms with Crippen molar-refractivity contribution in [2.75, 3.05) is 13.1 Å². The van der Waals surface area contributed by atoms with E-state index in [9.17, 15) is 17.6 Å². The van der Waals surface area contributed by atoms with Gasteiger partial charge in [0.2, 0.25) is 15.9 Å². The van der Waals surface area contributed by atoms with E-state index in [0.29, 0.717) is 0 Å².